The predicted molar refractivity (Wildman–Crippen MR) is 130 cm³/mol. The summed E-state index contributed by atoms with van der Waals surface area (Å²) < 4.78 is 0. The Balaban J connectivity index is 1.22. The van der Waals surface area contributed by atoms with Gasteiger partial charge in [-0.1, -0.05) is 24.3 Å². The van der Waals surface area contributed by atoms with Crippen LogP contribution in [0.3, 0.4) is 0 Å². The number of nitrogens with zero attached hydrogens (tertiary/aromatic N) is 4. The molecule has 2 aliphatic heterocycles. The molecule has 1 fully saturated rings. The van der Waals surface area contributed by atoms with Crippen LogP contribution in [0.25, 0.3) is 0 Å². The number of hydrogen-bond donors (Lipinski definition) is 3. The van der Waals surface area contributed by atoms with Crippen molar-refractivity contribution in [3.8, 4) is 0 Å². The van der Waals surface area contributed by atoms with Crippen molar-refractivity contribution < 1.29 is 19.5 Å². The minimum Gasteiger partial charge on any atom is -0.390 e. The van der Waals surface area contributed by atoms with Gasteiger partial charge in [0.25, 0.3) is 11.8 Å². The summed E-state index contributed by atoms with van der Waals surface area (Å²) in [6, 6.07) is 10.00. The number of Topliss-reactive ketones (excluding diaryl/α,β-unsaturated/α-hetero) is 1. The number of amides is 2. The molecule has 10 nitrogen and oxygen atoms in total. The maximum Gasteiger partial charge on any atom is 0.289 e. The van der Waals surface area contributed by atoms with Crippen LogP contribution >= 0.6 is 0 Å². The fourth-order valence-corrected chi connectivity index (χ4v) is 4.59. The maximum atomic E-state index is 12.6. The normalized spacial score (nSPS) is 17.4. The van der Waals surface area contributed by atoms with Crippen LogP contribution in [0, 0.1) is 0 Å². The number of carbonyl (C=O) groups is 3. The number of fused-ring (bicyclic) bond motifs is 1. The van der Waals surface area contributed by atoms with Crippen molar-refractivity contribution in [2.75, 3.05) is 38.0 Å². The number of hydrogen-bond acceptors (Lipinski definition) is 8. The van der Waals surface area contributed by atoms with E-state index in [4.69, 9.17) is 0 Å². The highest BCUT2D eigenvalue weighted by Gasteiger charge is 2.25. The van der Waals surface area contributed by atoms with Crippen LogP contribution in [0.2, 0.25) is 0 Å². The van der Waals surface area contributed by atoms with E-state index < -0.39 is 17.8 Å². The number of aliphatic hydroxyl groups excluding tert-OH is 1. The third kappa shape index (κ3) is 6.61. The minimum atomic E-state index is -0.688. The van der Waals surface area contributed by atoms with E-state index in [0.29, 0.717) is 38.3 Å². The summed E-state index contributed by atoms with van der Waals surface area (Å²) in [5.74, 6) is -0.750. The topological polar surface area (TPSA) is 128 Å². The van der Waals surface area contributed by atoms with Crippen LogP contribution < -0.4 is 10.6 Å². The Morgan fingerprint density at radius 3 is 2.60 bits per heavy atom. The standard InChI is InChI=1S/C25H32N6O4/c1-17(32)25(35)31-10-7-20(8-11-31)29-23-12-22(27-16-28-23)24(34)26-13-21(33)15-30-9-6-18-4-2-3-5-19(18)14-30/h2-5,12,16,20-21,33H,6-11,13-15H2,1H3,(H,26,34)(H,27,28,29). The molecule has 35 heavy (non-hydrogen) atoms. The molecule has 2 aliphatic rings. The average Bonchev–Trinajstić information content (AvgIpc) is 2.87. The van der Waals surface area contributed by atoms with Crippen molar-refractivity contribution in [3.63, 3.8) is 0 Å². The van der Waals surface area contributed by atoms with Crippen molar-refractivity contribution in [1.29, 1.82) is 0 Å². The van der Waals surface area contributed by atoms with E-state index in [0.717, 1.165) is 19.5 Å². The van der Waals surface area contributed by atoms with Gasteiger partial charge in [0, 0.05) is 58.3 Å². The summed E-state index contributed by atoms with van der Waals surface area (Å²) in [6.45, 7) is 4.56. The quantitative estimate of drug-likeness (QED) is 0.469. The van der Waals surface area contributed by atoms with Gasteiger partial charge in [0.15, 0.2) is 0 Å². The first-order valence-corrected chi connectivity index (χ1v) is 12.0. The molecular weight excluding hydrogens is 448 g/mol. The first-order valence-electron chi connectivity index (χ1n) is 12.0. The van der Waals surface area contributed by atoms with Gasteiger partial charge < -0.3 is 20.6 Å². The minimum absolute atomic E-state index is 0.0771. The van der Waals surface area contributed by atoms with Crippen LogP contribution in [-0.4, -0.2) is 87.3 Å². The Morgan fingerprint density at radius 2 is 1.86 bits per heavy atom. The molecule has 3 N–H and O–H groups in total. The van der Waals surface area contributed by atoms with Crippen molar-refractivity contribution >= 4 is 23.4 Å². The molecule has 2 aromatic rings. The van der Waals surface area contributed by atoms with Crippen molar-refractivity contribution in [1.82, 2.24) is 25.1 Å². The largest absolute Gasteiger partial charge is 0.390 e. The van der Waals surface area contributed by atoms with Gasteiger partial charge in [-0.3, -0.25) is 19.3 Å². The lowest BCUT2D eigenvalue weighted by Gasteiger charge is -2.32. The Hall–Kier alpha value is -3.37. The number of likely N-dealkylation sites (tertiary alicyclic amines) is 1. The third-order valence-electron chi connectivity index (χ3n) is 6.51. The molecule has 1 atom stereocenters. The summed E-state index contributed by atoms with van der Waals surface area (Å²) in [5, 5.41) is 16.5. The Morgan fingerprint density at radius 1 is 1.11 bits per heavy atom. The maximum absolute atomic E-state index is 12.6. The fourth-order valence-electron chi connectivity index (χ4n) is 4.59. The number of carbonyl (C=O) groups excluding carboxylic acids is 3. The molecule has 4 rings (SSSR count). The van der Waals surface area contributed by atoms with E-state index >= 15 is 0 Å². The predicted octanol–water partition coefficient (Wildman–Crippen LogP) is 0.618. The number of β-amino-alcohol motifs (C(OH)–C–C–N with tert-alkyl or cyclic N) is 1. The SMILES string of the molecule is CC(=O)C(=O)N1CCC(Nc2cc(C(=O)NCC(O)CN3CCc4ccccc4C3)ncn2)CC1. The highest BCUT2D eigenvalue weighted by Crippen LogP contribution is 2.19. The molecule has 1 saturated heterocycles. The molecule has 186 valence electrons. The van der Waals surface area contributed by atoms with E-state index in [9.17, 15) is 19.5 Å². The molecule has 2 amide bonds. The Bertz CT molecular complexity index is 1070. The molecule has 0 radical (unpaired) electrons. The fraction of sp³-hybridized carbons (Fsp3) is 0.480. The highest BCUT2D eigenvalue weighted by atomic mass is 16.3. The molecule has 0 bridgehead atoms. The van der Waals surface area contributed by atoms with Gasteiger partial charge >= 0.3 is 0 Å². The first-order chi connectivity index (χ1) is 16.9. The van der Waals surface area contributed by atoms with Crippen LogP contribution in [0.5, 0.6) is 0 Å². The lowest BCUT2D eigenvalue weighted by Crippen LogP contribution is -2.44. The Kier molecular flexibility index (Phi) is 8.04. The van der Waals surface area contributed by atoms with E-state index in [-0.39, 0.29) is 24.2 Å². The number of piperidine rings is 1. The van der Waals surface area contributed by atoms with Gasteiger partial charge in [0.2, 0.25) is 5.78 Å². The van der Waals surface area contributed by atoms with Gasteiger partial charge in [-0.05, 0) is 30.4 Å². The van der Waals surface area contributed by atoms with Crippen LogP contribution in [0.4, 0.5) is 5.82 Å². The number of rotatable bonds is 8. The van der Waals surface area contributed by atoms with Crippen LogP contribution in [0.15, 0.2) is 36.7 Å². The molecule has 0 saturated carbocycles. The summed E-state index contributed by atoms with van der Waals surface area (Å²) in [5.41, 5.74) is 2.85. The smallest absolute Gasteiger partial charge is 0.289 e. The summed E-state index contributed by atoms with van der Waals surface area (Å²) >= 11 is 0. The van der Waals surface area contributed by atoms with Gasteiger partial charge in [-0.25, -0.2) is 9.97 Å². The van der Waals surface area contributed by atoms with E-state index in [2.05, 4.69) is 43.7 Å². The second kappa shape index (κ2) is 11.4. The number of anilines is 1. The van der Waals surface area contributed by atoms with Gasteiger partial charge in [-0.15, -0.1) is 0 Å². The highest BCUT2D eigenvalue weighted by molar-refractivity contribution is 6.35. The number of nitrogens with one attached hydrogen (secondary N) is 2. The molecule has 3 heterocycles. The van der Waals surface area contributed by atoms with Crippen molar-refractivity contribution in [3.05, 3.63) is 53.5 Å². The van der Waals surface area contributed by atoms with Crippen LogP contribution in [-0.2, 0) is 22.6 Å². The third-order valence-corrected chi connectivity index (χ3v) is 6.51. The van der Waals surface area contributed by atoms with E-state index in [1.165, 1.54) is 24.4 Å². The van der Waals surface area contributed by atoms with E-state index in [1.807, 2.05) is 6.07 Å². The second-order valence-electron chi connectivity index (χ2n) is 9.17. The molecular formula is C25H32N6O4. The number of ketones is 1. The molecule has 0 aliphatic carbocycles. The molecule has 1 unspecified atom stereocenters. The lowest BCUT2D eigenvalue weighted by atomic mass is 10.00. The number of aliphatic hydroxyl groups is 1. The molecule has 1 aromatic carbocycles. The number of benzene rings is 1. The summed E-state index contributed by atoms with van der Waals surface area (Å²) in [6.07, 6.45) is 2.95. The van der Waals surface area contributed by atoms with E-state index in [1.54, 1.807) is 11.0 Å². The molecule has 1 aromatic heterocycles. The van der Waals surface area contributed by atoms with Gasteiger partial charge in [0.1, 0.15) is 17.8 Å². The molecule has 10 heteroatoms. The van der Waals surface area contributed by atoms with Gasteiger partial charge in [0.05, 0.1) is 6.10 Å². The monoisotopic (exact) mass is 480 g/mol. The Labute approximate surface area is 204 Å². The summed E-state index contributed by atoms with van der Waals surface area (Å²) in [4.78, 5) is 47.7. The van der Waals surface area contributed by atoms with Gasteiger partial charge in [-0.2, -0.15) is 0 Å². The molecule has 0 spiro atoms. The second-order valence-corrected chi connectivity index (χ2v) is 9.17. The van der Waals surface area contributed by atoms with Crippen molar-refractivity contribution in [2.24, 2.45) is 0 Å². The van der Waals surface area contributed by atoms with Crippen molar-refractivity contribution in [2.45, 2.75) is 44.9 Å². The zero-order valence-electron chi connectivity index (χ0n) is 19.9. The lowest BCUT2D eigenvalue weighted by molar-refractivity contribution is -0.144. The zero-order chi connectivity index (χ0) is 24.8. The summed E-state index contributed by atoms with van der Waals surface area (Å²) in [7, 11) is 0. The zero-order valence-corrected chi connectivity index (χ0v) is 19.9. The van der Waals surface area contributed by atoms with Crippen LogP contribution in [0.1, 0.15) is 41.4 Å². The number of aromatic nitrogens is 2. The first kappa shape index (κ1) is 24.7. The average molecular weight is 481 g/mol.